The molecule has 0 unspecified atom stereocenters. The fourth-order valence-corrected chi connectivity index (χ4v) is 3.98. The molecule has 2 heteroatoms. The van der Waals surface area contributed by atoms with Gasteiger partial charge in [0.15, 0.2) is 0 Å². The first kappa shape index (κ1) is 13.6. The maximum atomic E-state index is 12.6. The van der Waals surface area contributed by atoms with Crippen molar-refractivity contribution in [3.8, 4) is 0 Å². The van der Waals surface area contributed by atoms with Crippen LogP contribution in [0.1, 0.15) is 63.8 Å². The summed E-state index contributed by atoms with van der Waals surface area (Å²) >= 11 is 1.70. The molecule has 0 N–H and O–H groups in total. The molecule has 1 aromatic carbocycles. The van der Waals surface area contributed by atoms with E-state index < -0.39 is 0 Å². The zero-order chi connectivity index (χ0) is 14.1. The molecule has 0 saturated heterocycles. The SMILES string of the molecule is CC(C)c1ccc(C(=O)c2cc3c(s2)CCCC3)cc1. The van der Waals surface area contributed by atoms with Gasteiger partial charge >= 0.3 is 0 Å². The summed E-state index contributed by atoms with van der Waals surface area (Å²) in [5.41, 5.74) is 3.50. The van der Waals surface area contributed by atoms with E-state index in [0.29, 0.717) is 5.92 Å². The fourth-order valence-electron chi connectivity index (χ4n) is 2.76. The smallest absolute Gasteiger partial charge is 0.202 e. The van der Waals surface area contributed by atoms with Crippen molar-refractivity contribution in [2.45, 2.75) is 45.4 Å². The third kappa shape index (κ3) is 2.57. The largest absolute Gasteiger partial charge is 0.288 e. The molecule has 0 radical (unpaired) electrons. The van der Waals surface area contributed by atoms with Crippen molar-refractivity contribution in [3.05, 3.63) is 56.8 Å². The minimum Gasteiger partial charge on any atom is -0.288 e. The summed E-state index contributed by atoms with van der Waals surface area (Å²) in [6.45, 7) is 4.34. The molecule has 0 fully saturated rings. The van der Waals surface area contributed by atoms with Crippen LogP contribution >= 0.6 is 11.3 Å². The molecule has 0 bridgehead atoms. The van der Waals surface area contributed by atoms with E-state index in [2.05, 4.69) is 32.0 Å². The van der Waals surface area contributed by atoms with E-state index in [1.807, 2.05) is 12.1 Å². The van der Waals surface area contributed by atoms with Gasteiger partial charge in [0.25, 0.3) is 0 Å². The maximum absolute atomic E-state index is 12.6. The second-order valence-electron chi connectivity index (χ2n) is 5.87. The van der Waals surface area contributed by atoms with E-state index >= 15 is 0 Å². The van der Waals surface area contributed by atoms with Crippen LogP contribution in [-0.2, 0) is 12.8 Å². The number of ketones is 1. The summed E-state index contributed by atoms with van der Waals surface area (Å²) in [7, 11) is 0. The lowest BCUT2D eigenvalue weighted by Crippen LogP contribution is -1.99. The summed E-state index contributed by atoms with van der Waals surface area (Å²) < 4.78 is 0. The molecule has 0 aliphatic heterocycles. The van der Waals surface area contributed by atoms with Crippen molar-refractivity contribution >= 4 is 17.1 Å². The summed E-state index contributed by atoms with van der Waals surface area (Å²) in [6, 6.07) is 10.2. The lowest BCUT2D eigenvalue weighted by molar-refractivity contribution is 0.104. The number of benzene rings is 1. The van der Waals surface area contributed by atoms with Crippen molar-refractivity contribution < 1.29 is 4.79 Å². The van der Waals surface area contributed by atoms with Gasteiger partial charge < -0.3 is 0 Å². The molecule has 0 atom stereocenters. The minimum atomic E-state index is 0.180. The van der Waals surface area contributed by atoms with E-state index in [9.17, 15) is 4.79 Å². The Morgan fingerprint density at radius 1 is 1.10 bits per heavy atom. The van der Waals surface area contributed by atoms with Crippen molar-refractivity contribution in [1.82, 2.24) is 0 Å². The van der Waals surface area contributed by atoms with E-state index in [4.69, 9.17) is 0 Å². The van der Waals surface area contributed by atoms with Gasteiger partial charge in [-0.05, 0) is 48.8 Å². The molecule has 0 spiro atoms. The molecule has 1 aromatic heterocycles. The van der Waals surface area contributed by atoms with Crippen LogP contribution < -0.4 is 0 Å². The third-order valence-corrected chi connectivity index (χ3v) is 5.30. The highest BCUT2D eigenvalue weighted by molar-refractivity contribution is 7.14. The van der Waals surface area contributed by atoms with E-state index in [1.54, 1.807) is 11.3 Å². The van der Waals surface area contributed by atoms with Crippen molar-refractivity contribution in [3.63, 3.8) is 0 Å². The average molecular weight is 284 g/mol. The summed E-state index contributed by atoms with van der Waals surface area (Å²) in [4.78, 5) is 14.9. The molecule has 1 aliphatic carbocycles. The third-order valence-electron chi connectivity index (χ3n) is 4.06. The second-order valence-corrected chi connectivity index (χ2v) is 7.01. The molecule has 1 aliphatic rings. The summed E-state index contributed by atoms with van der Waals surface area (Å²) in [5.74, 6) is 0.688. The molecule has 1 heterocycles. The molecule has 0 saturated carbocycles. The highest BCUT2D eigenvalue weighted by Crippen LogP contribution is 2.31. The average Bonchev–Trinajstić information content (AvgIpc) is 2.90. The first-order valence-corrected chi connectivity index (χ1v) is 8.23. The zero-order valence-electron chi connectivity index (χ0n) is 12.1. The number of hydrogen-bond donors (Lipinski definition) is 0. The van der Waals surface area contributed by atoms with Crippen LogP contribution in [0.5, 0.6) is 0 Å². The predicted molar refractivity (Wildman–Crippen MR) is 84.9 cm³/mol. The Morgan fingerprint density at radius 2 is 1.80 bits per heavy atom. The van der Waals surface area contributed by atoms with Gasteiger partial charge in [-0.2, -0.15) is 0 Å². The van der Waals surface area contributed by atoms with Gasteiger partial charge in [0.1, 0.15) is 0 Å². The molecule has 20 heavy (non-hydrogen) atoms. The van der Waals surface area contributed by atoms with E-state index in [-0.39, 0.29) is 5.78 Å². The molecular formula is C18H20OS. The van der Waals surface area contributed by atoms with Gasteiger partial charge in [-0.25, -0.2) is 0 Å². The fraction of sp³-hybridized carbons (Fsp3) is 0.389. The number of carbonyl (C=O) groups is 1. The minimum absolute atomic E-state index is 0.180. The zero-order valence-corrected chi connectivity index (χ0v) is 12.9. The monoisotopic (exact) mass is 284 g/mol. The van der Waals surface area contributed by atoms with Gasteiger partial charge in [-0.15, -0.1) is 11.3 Å². The number of carbonyl (C=O) groups excluding carboxylic acids is 1. The number of aryl methyl sites for hydroxylation is 2. The standard InChI is InChI=1S/C18H20OS/c1-12(2)13-7-9-14(10-8-13)18(19)17-11-15-5-3-4-6-16(15)20-17/h7-12H,3-6H2,1-2H3. The Morgan fingerprint density at radius 3 is 2.45 bits per heavy atom. The number of rotatable bonds is 3. The van der Waals surface area contributed by atoms with Crippen LogP contribution in [0.25, 0.3) is 0 Å². The van der Waals surface area contributed by atoms with Crippen LogP contribution in [0.3, 0.4) is 0 Å². The van der Waals surface area contributed by atoms with Crippen molar-refractivity contribution in [1.29, 1.82) is 0 Å². The molecule has 2 aromatic rings. The lowest BCUT2D eigenvalue weighted by Gasteiger charge is -2.08. The first-order chi connectivity index (χ1) is 9.65. The molecule has 0 amide bonds. The number of hydrogen-bond acceptors (Lipinski definition) is 2. The van der Waals surface area contributed by atoms with E-state index in [1.165, 1.54) is 28.8 Å². The first-order valence-electron chi connectivity index (χ1n) is 7.41. The Bertz CT molecular complexity index is 596. The quantitative estimate of drug-likeness (QED) is 0.726. The van der Waals surface area contributed by atoms with Gasteiger partial charge in [0.2, 0.25) is 5.78 Å². The maximum Gasteiger partial charge on any atom is 0.202 e. The van der Waals surface area contributed by atoms with Crippen LogP contribution in [0.15, 0.2) is 30.3 Å². The Kier molecular flexibility index (Phi) is 3.75. The second kappa shape index (κ2) is 5.53. The lowest BCUT2D eigenvalue weighted by atomic mass is 9.98. The Labute approximate surface area is 124 Å². The van der Waals surface area contributed by atoms with Gasteiger partial charge in [-0.3, -0.25) is 4.79 Å². The number of fused-ring (bicyclic) bond motifs is 1. The summed E-state index contributed by atoms with van der Waals surface area (Å²) in [5, 5.41) is 0. The van der Waals surface area contributed by atoms with Crippen LogP contribution in [0.4, 0.5) is 0 Å². The van der Waals surface area contributed by atoms with Gasteiger partial charge in [-0.1, -0.05) is 38.1 Å². The van der Waals surface area contributed by atoms with Crippen LogP contribution in [-0.4, -0.2) is 5.78 Å². The highest BCUT2D eigenvalue weighted by Gasteiger charge is 2.18. The molecule has 3 rings (SSSR count). The topological polar surface area (TPSA) is 17.1 Å². The van der Waals surface area contributed by atoms with Gasteiger partial charge in [0.05, 0.1) is 4.88 Å². The molecule has 104 valence electrons. The van der Waals surface area contributed by atoms with Crippen molar-refractivity contribution in [2.75, 3.05) is 0 Å². The van der Waals surface area contributed by atoms with Gasteiger partial charge in [0, 0.05) is 10.4 Å². The van der Waals surface area contributed by atoms with Crippen LogP contribution in [0.2, 0.25) is 0 Å². The predicted octanol–water partition coefficient (Wildman–Crippen LogP) is 4.98. The molecular weight excluding hydrogens is 264 g/mol. The summed E-state index contributed by atoms with van der Waals surface area (Å²) in [6.07, 6.45) is 4.83. The van der Waals surface area contributed by atoms with Crippen LogP contribution in [0, 0.1) is 0 Å². The number of thiophene rings is 1. The Balaban J connectivity index is 1.86. The Hall–Kier alpha value is -1.41. The highest BCUT2D eigenvalue weighted by atomic mass is 32.1. The van der Waals surface area contributed by atoms with E-state index in [0.717, 1.165) is 23.3 Å². The van der Waals surface area contributed by atoms with Crippen molar-refractivity contribution in [2.24, 2.45) is 0 Å². The molecule has 1 nitrogen and oxygen atoms in total. The normalized spacial score (nSPS) is 14.3.